The molecule has 0 atom stereocenters. The molecule has 0 saturated heterocycles. The van der Waals surface area contributed by atoms with Crippen molar-refractivity contribution in [2.45, 2.75) is 18.0 Å². The van der Waals surface area contributed by atoms with Crippen LogP contribution in [-0.2, 0) is 16.2 Å². The molecule has 216 valence electrons. The lowest BCUT2D eigenvalue weighted by molar-refractivity contribution is -0.137. The summed E-state index contributed by atoms with van der Waals surface area (Å²) in [6.45, 7) is 1.82. The molecule has 0 aliphatic carbocycles. The number of alkyl halides is 3. The number of ether oxygens (including phenoxy) is 1. The van der Waals surface area contributed by atoms with Gasteiger partial charge in [-0.3, -0.25) is 4.90 Å². The third kappa shape index (κ3) is 5.31. The highest BCUT2D eigenvalue weighted by Crippen LogP contribution is 2.36. The van der Waals surface area contributed by atoms with Crippen molar-refractivity contribution in [3.63, 3.8) is 0 Å². The van der Waals surface area contributed by atoms with Crippen molar-refractivity contribution in [2.75, 3.05) is 10.6 Å². The lowest BCUT2D eigenvalue weighted by Crippen LogP contribution is -2.32. The summed E-state index contributed by atoms with van der Waals surface area (Å²) in [5.41, 5.74) is 10.8. The third-order valence-electron chi connectivity index (χ3n) is 6.23. The van der Waals surface area contributed by atoms with Crippen LogP contribution in [0.3, 0.4) is 0 Å². The van der Waals surface area contributed by atoms with Crippen LogP contribution in [0.25, 0.3) is 11.0 Å². The van der Waals surface area contributed by atoms with Crippen LogP contribution in [0.15, 0.2) is 89.8 Å². The SMILES string of the molecule is Cc1ccc(S(=O)(=O)n2c(N)nc3ccc(Oc4ccc(N(C(N)=O)c5cc(C(F)(F)F)ccc5F)cc4)cc32)cc1. The van der Waals surface area contributed by atoms with E-state index in [1.54, 1.807) is 12.1 Å². The number of halogens is 4. The highest BCUT2D eigenvalue weighted by Gasteiger charge is 2.32. The molecule has 42 heavy (non-hydrogen) atoms. The Morgan fingerprint density at radius 2 is 1.57 bits per heavy atom. The van der Waals surface area contributed by atoms with E-state index in [1.807, 2.05) is 6.92 Å². The van der Waals surface area contributed by atoms with Gasteiger partial charge >= 0.3 is 12.2 Å². The number of carbonyl (C=O) groups is 1. The zero-order valence-electron chi connectivity index (χ0n) is 21.6. The van der Waals surface area contributed by atoms with Crippen molar-refractivity contribution in [2.24, 2.45) is 5.73 Å². The number of amides is 2. The fraction of sp³-hybridized carbons (Fsp3) is 0.0714. The van der Waals surface area contributed by atoms with E-state index in [2.05, 4.69) is 4.98 Å². The highest BCUT2D eigenvalue weighted by atomic mass is 32.2. The van der Waals surface area contributed by atoms with Crippen LogP contribution in [-0.4, -0.2) is 23.4 Å². The number of urea groups is 1. The quantitative estimate of drug-likeness (QED) is 0.219. The average Bonchev–Trinajstić information content (AvgIpc) is 3.26. The largest absolute Gasteiger partial charge is 0.457 e. The zero-order valence-corrected chi connectivity index (χ0v) is 22.4. The summed E-state index contributed by atoms with van der Waals surface area (Å²) in [6.07, 6.45) is -4.77. The number of nitrogens with zero attached hydrogens (tertiary/aromatic N) is 3. The maximum absolute atomic E-state index is 14.5. The number of nitrogens with two attached hydrogens (primary N) is 2. The molecule has 0 aliphatic rings. The lowest BCUT2D eigenvalue weighted by atomic mass is 10.1. The second-order valence-corrected chi connectivity index (χ2v) is 10.9. The number of nitrogen functional groups attached to an aromatic ring is 1. The van der Waals surface area contributed by atoms with E-state index in [9.17, 15) is 30.8 Å². The number of aryl methyl sites for hydroxylation is 1. The van der Waals surface area contributed by atoms with Crippen molar-refractivity contribution in [1.82, 2.24) is 8.96 Å². The molecule has 0 unspecified atom stereocenters. The first-order valence-electron chi connectivity index (χ1n) is 12.1. The summed E-state index contributed by atoms with van der Waals surface area (Å²) in [4.78, 5) is 16.9. The molecular formula is C28H21F4N5O4S. The molecule has 5 rings (SSSR count). The molecule has 2 amide bonds. The van der Waals surface area contributed by atoms with Crippen LogP contribution in [0, 0.1) is 12.7 Å². The van der Waals surface area contributed by atoms with Gasteiger partial charge in [-0.05, 0) is 73.7 Å². The third-order valence-corrected chi connectivity index (χ3v) is 7.97. The van der Waals surface area contributed by atoms with Crippen LogP contribution < -0.4 is 21.1 Å². The molecule has 0 saturated carbocycles. The van der Waals surface area contributed by atoms with Gasteiger partial charge < -0.3 is 16.2 Å². The molecule has 1 heterocycles. The summed E-state index contributed by atoms with van der Waals surface area (Å²) >= 11 is 0. The minimum Gasteiger partial charge on any atom is -0.457 e. The first-order valence-corrected chi connectivity index (χ1v) is 13.5. The smallest absolute Gasteiger partial charge is 0.416 e. The second-order valence-electron chi connectivity index (χ2n) is 9.14. The molecule has 0 radical (unpaired) electrons. The number of anilines is 3. The monoisotopic (exact) mass is 599 g/mol. The average molecular weight is 600 g/mol. The van der Waals surface area contributed by atoms with E-state index in [0.717, 1.165) is 9.54 Å². The van der Waals surface area contributed by atoms with E-state index in [4.69, 9.17) is 16.2 Å². The number of hydrogen-bond acceptors (Lipinski definition) is 6. The molecule has 1 aromatic heterocycles. The molecule has 0 fully saturated rings. The van der Waals surface area contributed by atoms with Gasteiger partial charge in [-0.2, -0.15) is 13.2 Å². The molecule has 0 spiro atoms. The van der Waals surface area contributed by atoms with E-state index < -0.39 is 39.3 Å². The van der Waals surface area contributed by atoms with Crippen molar-refractivity contribution in [3.05, 3.63) is 102 Å². The van der Waals surface area contributed by atoms with Crippen molar-refractivity contribution in [3.8, 4) is 11.5 Å². The number of fused-ring (bicyclic) bond motifs is 1. The van der Waals surface area contributed by atoms with Crippen LogP contribution in [0.5, 0.6) is 11.5 Å². The van der Waals surface area contributed by atoms with E-state index in [1.165, 1.54) is 54.6 Å². The Balaban J connectivity index is 1.46. The van der Waals surface area contributed by atoms with Gasteiger partial charge in [0, 0.05) is 6.07 Å². The Morgan fingerprint density at radius 3 is 2.19 bits per heavy atom. The summed E-state index contributed by atoms with van der Waals surface area (Å²) in [7, 11) is -4.10. The van der Waals surface area contributed by atoms with Crippen LogP contribution in [0.1, 0.15) is 11.1 Å². The molecule has 9 nitrogen and oxygen atoms in total. The number of carbonyl (C=O) groups excluding carboxylic acids is 1. The molecule has 5 aromatic rings. The molecule has 4 N–H and O–H groups in total. The normalized spacial score (nSPS) is 11.9. The first-order chi connectivity index (χ1) is 19.8. The maximum Gasteiger partial charge on any atom is 0.416 e. The lowest BCUT2D eigenvalue weighted by Gasteiger charge is -2.22. The molecule has 0 aliphatic heterocycles. The number of benzene rings is 4. The van der Waals surface area contributed by atoms with Crippen LogP contribution in [0.2, 0.25) is 0 Å². The van der Waals surface area contributed by atoms with Crippen LogP contribution >= 0.6 is 0 Å². The van der Waals surface area contributed by atoms with Gasteiger partial charge in [-0.15, -0.1) is 0 Å². The molecular weight excluding hydrogens is 578 g/mol. The van der Waals surface area contributed by atoms with Crippen molar-refractivity contribution < 1.29 is 35.5 Å². The van der Waals surface area contributed by atoms with Crippen molar-refractivity contribution in [1.29, 1.82) is 0 Å². The van der Waals surface area contributed by atoms with Gasteiger partial charge in [-0.25, -0.2) is 26.6 Å². The minimum absolute atomic E-state index is 0.0113. The van der Waals surface area contributed by atoms with Gasteiger partial charge in [0.25, 0.3) is 10.0 Å². The van der Waals surface area contributed by atoms with E-state index in [0.29, 0.717) is 28.6 Å². The Bertz CT molecular complexity index is 1920. The van der Waals surface area contributed by atoms with Gasteiger partial charge in [0.15, 0.2) is 0 Å². The summed E-state index contributed by atoms with van der Waals surface area (Å²) < 4.78 is 87.5. The highest BCUT2D eigenvalue weighted by molar-refractivity contribution is 7.90. The maximum atomic E-state index is 14.5. The van der Waals surface area contributed by atoms with Crippen molar-refractivity contribution >= 4 is 44.4 Å². The number of imidazole rings is 1. The number of aromatic nitrogens is 2. The Kier molecular flexibility index (Phi) is 7.02. The predicted octanol–water partition coefficient (Wildman–Crippen LogP) is 6.33. The number of rotatable bonds is 6. The fourth-order valence-corrected chi connectivity index (χ4v) is 5.61. The summed E-state index contributed by atoms with van der Waals surface area (Å²) in [6, 6.07) is 16.4. The standard InChI is InChI=1S/C28H21F4N5O4S/c1-16-2-10-21(11-3-16)42(39,40)37-25-15-20(9-13-23(25)35-26(37)33)41-19-7-5-18(6-8-19)36(27(34)38)24-14-17(28(30,31)32)4-12-22(24)29/h2-15H,1H3,(H2,33,35)(H2,34,38). The topological polar surface area (TPSA) is 134 Å². The molecule has 4 aromatic carbocycles. The zero-order chi connectivity index (χ0) is 30.4. The van der Waals surface area contributed by atoms with E-state index in [-0.39, 0.29) is 33.5 Å². The Morgan fingerprint density at radius 1 is 0.929 bits per heavy atom. The predicted molar refractivity (Wildman–Crippen MR) is 148 cm³/mol. The minimum atomic E-state index is -4.77. The number of primary amides is 1. The van der Waals surface area contributed by atoms with Gasteiger partial charge in [0.05, 0.1) is 32.9 Å². The second kappa shape index (κ2) is 10.4. The first kappa shape index (κ1) is 28.4. The van der Waals surface area contributed by atoms with Crippen LogP contribution in [0.4, 0.5) is 39.7 Å². The summed E-state index contributed by atoms with van der Waals surface area (Å²) in [5.74, 6) is -0.939. The van der Waals surface area contributed by atoms with Gasteiger partial charge in [0.1, 0.15) is 17.3 Å². The van der Waals surface area contributed by atoms with E-state index >= 15 is 0 Å². The summed E-state index contributed by atoms with van der Waals surface area (Å²) in [5, 5.41) is 0. The van der Waals surface area contributed by atoms with Gasteiger partial charge in [0.2, 0.25) is 5.95 Å². The molecule has 0 bridgehead atoms. The number of hydrogen-bond donors (Lipinski definition) is 2. The Hall–Kier alpha value is -5.11. The molecule has 14 heteroatoms. The van der Waals surface area contributed by atoms with Gasteiger partial charge in [-0.1, -0.05) is 17.7 Å². The fourth-order valence-electron chi connectivity index (χ4n) is 4.23. The Labute approximate surface area is 236 Å².